The Morgan fingerprint density at radius 2 is 2.06 bits per heavy atom. The summed E-state index contributed by atoms with van der Waals surface area (Å²) in [5, 5.41) is 0. The van der Waals surface area contributed by atoms with Crippen LogP contribution >= 0.6 is 0 Å². The Bertz CT molecular complexity index is 438. The van der Waals surface area contributed by atoms with Gasteiger partial charge >= 0.3 is 5.97 Å². The van der Waals surface area contributed by atoms with Crippen LogP contribution < -0.4 is 5.73 Å². The van der Waals surface area contributed by atoms with Gasteiger partial charge in [-0.1, -0.05) is 38.1 Å². The summed E-state index contributed by atoms with van der Waals surface area (Å²) in [5.74, 6) is 0.353. The highest BCUT2D eigenvalue weighted by Crippen LogP contribution is 2.50. The van der Waals surface area contributed by atoms with Crippen LogP contribution in [0.5, 0.6) is 0 Å². The van der Waals surface area contributed by atoms with E-state index in [1.807, 2.05) is 0 Å². The number of nitrogens with two attached hydrogens (primary N) is 1. The number of benzene rings is 1. The van der Waals surface area contributed by atoms with E-state index in [2.05, 4.69) is 38.1 Å². The molecule has 0 spiro atoms. The summed E-state index contributed by atoms with van der Waals surface area (Å²) in [7, 11) is 0. The molecule has 2 unspecified atom stereocenters. The van der Waals surface area contributed by atoms with E-state index in [-0.39, 0.29) is 11.9 Å². The monoisotopic (exact) mass is 247 g/mol. The van der Waals surface area contributed by atoms with Crippen molar-refractivity contribution in [2.24, 2.45) is 5.73 Å². The summed E-state index contributed by atoms with van der Waals surface area (Å²) in [6, 6.07) is 8.38. The van der Waals surface area contributed by atoms with Gasteiger partial charge in [-0.3, -0.25) is 4.79 Å². The van der Waals surface area contributed by atoms with E-state index in [0.29, 0.717) is 18.9 Å². The molecule has 0 aromatic heterocycles. The van der Waals surface area contributed by atoms with Crippen molar-refractivity contribution in [3.8, 4) is 0 Å². The van der Waals surface area contributed by atoms with Crippen molar-refractivity contribution in [1.82, 2.24) is 0 Å². The number of esters is 1. The maximum atomic E-state index is 11.7. The molecule has 1 aliphatic carbocycles. The van der Waals surface area contributed by atoms with Crippen LogP contribution in [0.3, 0.4) is 0 Å². The van der Waals surface area contributed by atoms with Gasteiger partial charge < -0.3 is 10.5 Å². The Balaban J connectivity index is 2.09. The highest BCUT2D eigenvalue weighted by atomic mass is 16.5. The number of carbonyl (C=O) groups is 1. The molecule has 1 saturated carbocycles. The summed E-state index contributed by atoms with van der Waals surface area (Å²) >= 11 is 0. The lowest BCUT2D eigenvalue weighted by molar-refractivity contribution is -0.145. The quantitative estimate of drug-likeness (QED) is 0.832. The molecule has 18 heavy (non-hydrogen) atoms. The minimum atomic E-state index is -0.796. The van der Waals surface area contributed by atoms with Gasteiger partial charge in [0.05, 0.1) is 6.61 Å². The molecular formula is C15H21NO2. The molecule has 98 valence electrons. The Hall–Kier alpha value is -1.35. The Morgan fingerprint density at radius 1 is 1.44 bits per heavy atom. The van der Waals surface area contributed by atoms with Gasteiger partial charge in [-0.25, -0.2) is 0 Å². The Labute approximate surface area is 108 Å². The molecule has 3 nitrogen and oxygen atoms in total. The lowest BCUT2D eigenvalue weighted by Crippen LogP contribution is -2.36. The molecule has 1 aliphatic rings. The van der Waals surface area contributed by atoms with Crippen molar-refractivity contribution < 1.29 is 9.53 Å². The number of hydrogen-bond acceptors (Lipinski definition) is 3. The molecule has 0 amide bonds. The topological polar surface area (TPSA) is 52.3 Å². The van der Waals surface area contributed by atoms with Gasteiger partial charge in [0.15, 0.2) is 0 Å². The van der Waals surface area contributed by atoms with Crippen LogP contribution in [0.4, 0.5) is 0 Å². The third kappa shape index (κ3) is 2.27. The lowest BCUT2D eigenvalue weighted by atomic mass is 9.99. The van der Waals surface area contributed by atoms with Crippen LogP contribution in [0.1, 0.15) is 50.2 Å². The van der Waals surface area contributed by atoms with E-state index in [1.165, 1.54) is 5.56 Å². The first-order valence-electron chi connectivity index (χ1n) is 6.55. The highest BCUT2D eigenvalue weighted by molar-refractivity contribution is 5.86. The van der Waals surface area contributed by atoms with Gasteiger partial charge in [-0.15, -0.1) is 0 Å². The molecule has 1 fully saturated rings. The predicted molar refractivity (Wildman–Crippen MR) is 71.4 cm³/mol. The van der Waals surface area contributed by atoms with E-state index in [4.69, 9.17) is 10.5 Å². The highest BCUT2D eigenvalue weighted by Gasteiger charge is 2.58. The fraction of sp³-hybridized carbons (Fsp3) is 0.533. The number of carbonyl (C=O) groups excluding carboxylic acids is 1. The van der Waals surface area contributed by atoms with Gasteiger partial charge in [0.25, 0.3) is 0 Å². The predicted octanol–water partition coefficient (Wildman–Crippen LogP) is 2.56. The Morgan fingerprint density at radius 3 is 2.56 bits per heavy atom. The number of ether oxygens (including phenoxy) is 1. The molecule has 2 atom stereocenters. The smallest absolute Gasteiger partial charge is 0.326 e. The standard InChI is InChI=1S/C15H21NO2/c1-4-18-14(17)15(16)9-13(15)12-7-5-11(6-8-12)10(2)3/h5-8,10,13H,4,9,16H2,1-3H3. The average Bonchev–Trinajstić information content (AvgIpc) is 3.04. The first kappa shape index (κ1) is 13.1. The van der Waals surface area contributed by atoms with Gasteiger partial charge in [0.1, 0.15) is 5.54 Å². The van der Waals surface area contributed by atoms with Crippen LogP contribution in [-0.4, -0.2) is 18.1 Å². The normalized spacial score (nSPS) is 26.2. The first-order valence-corrected chi connectivity index (χ1v) is 6.55. The van der Waals surface area contributed by atoms with Crippen molar-refractivity contribution in [2.45, 2.75) is 44.6 Å². The second-order valence-electron chi connectivity index (χ2n) is 5.34. The summed E-state index contributed by atoms with van der Waals surface area (Å²) < 4.78 is 5.02. The van der Waals surface area contributed by atoms with Crippen molar-refractivity contribution in [3.05, 3.63) is 35.4 Å². The molecule has 0 bridgehead atoms. The Kier molecular flexibility index (Phi) is 3.44. The average molecular weight is 247 g/mol. The van der Waals surface area contributed by atoms with E-state index in [9.17, 15) is 4.79 Å². The molecule has 0 aliphatic heterocycles. The summed E-state index contributed by atoms with van der Waals surface area (Å²) in [5.41, 5.74) is 7.72. The molecule has 2 N–H and O–H groups in total. The van der Waals surface area contributed by atoms with Crippen LogP contribution in [0.25, 0.3) is 0 Å². The zero-order valence-electron chi connectivity index (χ0n) is 11.3. The maximum absolute atomic E-state index is 11.7. The van der Waals surface area contributed by atoms with Crippen molar-refractivity contribution >= 4 is 5.97 Å². The van der Waals surface area contributed by atoms with Gasteiger partial charge in [0.2, 0.25) is 0 Å². The molecule has 3 heteroatoms. The molecule has 1 aromatic carbocycles. The van der Waals surface area contributed by atoms with Gasteiger partial charge in [-0.2, -0.15) is 0 Å². The van der Waals surface area contributed by atoms with Crippen molar-refractivity contribution in [2.75, 3.05) is 6.61 Å². The molecule has 0 heterocycles. The summed E-state index contributed by atoms with van der Waals surface area (Å²) in [6.45, 7) is 6.52. The van der Waals surface area contributed by atoms with Crippen LogP contribution in [0.2, 0.25) is 0 Å². The maximum Gasteiger partial charge on any atom is 0.326 e. The van der Waals surface area contributed by atoms with E-state index in [0.717, 1.165) is 5.56 Å². The first-order chi connectivity index (χ1) is 8.49. The lowest BCUT2D eigenvalue weighted by Gasteiger charge is -2.11. The molecule has 1 aromatic rings. The zero-order valence-corrected chi connectivity index (χ0v) is 11.3. The molecular weight excluding hydrogens is 226 g/mol. The van der Waals surface area contributed by atoms with Crippen molar-refractivity contribution in [3.63, 3.8) is 0 Å². The van der Waals surface area contributed by atoms with Gasteiger partial charge in [0, 0.05) is 5.92 Å². The third-order valence-corrected chi connectivity index (χ3v) is 3.66. The van der Waals surface area contributed by atoms with Crippen molar-refractivity contribution in [1.29, 1.82) is 0 Å². The fourth-order valence-corrected chi connectivity index (χ4v) is 2.30. The van der Waals surface area contributed by atoms with E-state index < -0.39 is 5.54 Å². The summed E-state index contributed by atoms with van der Waals surface area (Å²) in [6.07, 6.45) is 0.687. The summed E-state index contributed by atoms with van der Waals surface area (Å²) in [4.78, 5) is 11.7. The number of hydrogen-bond donors (Lipinski definition) is 1. The number of rotatable bonds is 4. The minimum Gasteiger partial charge on any atom is -0.465 e. The fourth-order valence-electron chi connectivity index (χ4n) is 2.30. The zero-order chi connectivity index (χ0) is 13.3. The minimum absolute atomic E-state index is 0.109. The van der Waals surface area contributed by atoms with Crippen LogP contribution in [-0.2, 0) is 9.53 Å². The van der Waals surface area contributed by atoms with E-state index in [1.54, 1.807) is 6.92 Å². The van der Waals surface area contributed by atoms with Crippen LogP contribution in [0.15, 0.2) is 24.3 Å². The van der Waals surface area contributed by atoms with Gasteiger partial charge in [-0.05, 0) is 30.4 Å². The second kappa shape index (κ2) is 4.73. The largest absolute Gasteiger partial charge is 0.465 e. The molecule has 0 saturated heterocycles. The second-order valence-corrected chi connectivity index (χ2v) is 5.34. The third-order valence-electron chi connectivity index (χ3n) is 3.66. The van der Waals surface area contributed by atoms with Crippen LogP contribution in [0, 0.1) is 0 Å². The molecule has 2 rings (SSSR count). The molecule has 0 radical (unpaired) electrons. The van der Waals surface area contributed by atoms with E-state index >= 15 is 0 Å². The SMILES string of the molecule is CCOC(=O)C1(N)CC1c1ccc(C(C)C)cc1.